The molecule has 0 aliphatic heterocycles. The number of nitrogens with one attached hydrogen (secondary N) is 1. The van der Waals surface area contributed by atoms with E-state index in [0.29, 0.717) is 10.6 Å². The highest BCUT2D eigenvalue weighted by Gasteiger charge is 2.21. The number of hydrogen-bond acceptors (Lipinski definition) is 5. The Morgan fingerprint density at radius 3 is 2.46 bits per heavy atom. The van der Waals surface area contributed by atoms with Gasteiger partial charge in [0.2, 0.25) is 0 Å². The lowest BCUT2D eigenvalue weighted by molar-refractivity contribution is -0.129. The van der Waals surface area contributed by atoms with Crippen molar-refractivity contribution in [3.05, 3.63) is 59.7 Å². The molecule has 0 radical (unpaired) electrons. The Kier molecular flexibility index (Phi) is 6.91. The van der Waals surface area contributed by atoms with E-state index >= 15 is 0 Å². The van der Waals surface area contributed by atoms with Crippen molar-refractivity contribution in [1.29, 1.82) is 0 Å². The maximum atomic E-state index is 12.3. The average Bonchev–Trinajstić information content (AvgIpc) is 2.66. The second-order valence-corrected chi connectivity index (χ2v) is 6.88. The second kappa shape index (κ2) is 9.15. The summed E-state index contributed by atoms with van der Waals surface area (Å²) in [4.78, 5) is 24.9. The molecule has 0 saturated carbocycles. The zero-order valence-corrected chi connectivity index (χ0v) is 15.7. The van der Waals surface area contributed by atoms with E-state index < -0.39 is 28.8 Å². The van der Waals surface area contributed by atoms with Gasteiger partial charge in [-0.05, 0) is 25.1 Å². The SMILES string of the molecule is COc1ccccc1CNC(=O)[C@H](C)OC(=O)c1ccccc1[S@@](C)=O. The first-order chi connectivity index (χ1) is 12.4. The molecule has 0 unspecified atom stereocenters. The topological polar surface area (TPSA) is 81.7 Å². The monoisotopic (exact) mass is 375 g/mol. The maximum Gasteiger partial charge on any atom is 0.340 e. The molecule has 0 aliphatic carbocycles. The molecule has 0 fully saturated rings. The number of hydrogen-bond donors (Lipinski definition) is 1. The van der Waals surface area contributed by atoms with Crippen LogP contribution in [0, 0.1) is 0 Å². The van der Waals surface area contributed by atoms with E-state index in [2.05, 4.69) is 5.32 Å². The fourth-order valence-corrected chi connectivity index (χ4v) is 3.07. The van der Waals surface area contributed by atoms with Gasteiger partial charge in [-0.1, -0.05) is 30.3 Å². The molecule has 0 aromatic heterocycles. The highest BCUT2D eigenvalue weighted by atomic mass is 32.2. The zero-order valence-electron chi connectivity index (χ0n) is 14.9. The number of methoxy groups -OCH3 is 1. The molecule has 1 amide bonds. The third kappa shape index (κ3) is 4.92. The quantitative estimate of drug-likeness (QED) is 0.751. The van der Waals surface area contributed by atoms with Gasteiger partial charge in [-0.25, -0.2) is 4.79 Å². The number of benzene rings is 2. The van der Waals surface area contributed by atoms with Crippen molar-refractivity contribution in [3.63, 3.8) is 0 Å². The lowest BCUT2D eigenvalue weighted by Gasteiger charge is -2.15. The average molecular weight is 375 g/mol. The van der Waals surface area contributed by atoms with Crippen molar-refractivity contribution in [2.75, 3.05) is 13.4 Å². The minimum atomic E-state index is -1.33. The third-order valence-corrected chi connectivity index (χ3v) is 4.69. The van der Waals surface area contributed by atoms with Crippen LogP contribution in [-0.2, 0) is 26.9 Å². The van der Waals surface area contributed by atoms with E-state index in [1.807, 2.05) is 18.2 Å². The molecule has 1 N–H and O–H groups in total. The summed E-state index contributed by atoms with van der Waals surface area (Å²) >= 11 is 0. The first-order valence-electron chi connectivity index (χ1n) is 7.97. The Labute approximate surface area is 155 Å². The van der Waals surface area contributed by atoms with Crippen molar-refractivity contribution in [3.8, 4) is 5.75 Å². The Morgan fingerprint density at radius 1 is 1.12 bits per heavy atom. The molecule has 0 heterocycles. The molecule has 0 aliphatic rings. The summed E-state index contributed by atoms with van der Waals surface area (Å²) in [6.45, 7) is 1.74. The molecule has 2 rings (SSSR count). The van der Waals surface area contributed by atoms with Crippen LogP contribution in [-0.4, -0.2) is 35.6 Å². The van der Waals surface area contributed by atoms with Gasteiger partial charge < -0.3 is 14.8 Å². The summed E-state index contributed by atoms with van der Waals surface area (Å²) in [5.41, 5.74) is 1.01. The van der Waals surface area contributed by atoms with Gasteiger partial charge in [-0.15, -0.1) is 0 Å². The predicted molar refractivity (Wildman–Crippen MR) is 98.5 cm³/mol. The first kappa shape index (κ1) is 19.7. The molecule has 138 valence electrons. The summed E-state index contributed by atoms with van der Waals surface area (Å²) in [5, 5.41) is 2.71. The van der Waals surface area contributed by atoms with E-state index in [0.717, 1.165) is 5.56 Å². The molecule has 0 bridgehead atoms. The van der Waals surface area contributed by atoms with E-state index in [9.17, 15) is 13.8 Å². The molecule has 6 nitrogen and oxygen atoms in total. The van der Waals surface area contributed by atoms with Gasteiger partial charge in [0.25, 0.3) is 5.91 Å². The molecule has 0 spiro atoms. The summed E-state index contributed by atoms with van der Waals surface area (Å²) in [6, 6.07) is 13.8. The fourth-order valence-electron chi connectivity index (χ4n) is 2.34. The molecule has 0 saturated heterocycles. The molecule has 2 aromatic carbocycles. The second-order valence-electron chi connectivity index (χ2n) is 5.53. The Morgan fingerprint density at radius 2 is 1.77 bits per heavy atom. The van der Waals surface area contributed by atoms with Gasteiger partial charge in [0.1, 0.15) is 5.75 Å². The minimum Gasteiger partial charge on any atom is -0.496 e. The number of amides is 1. The number of para-hydroxylation sites is 1. The van der Waals surface area contributed by atoms with Gasteiger partial charge in [-0.3, -0.25) is 9.00 Å². The Hall–Kier alpha value is -2.67. The van der Waals surface area contributed by atoms with Crippen molar-refractivity contribution in [2.24, 2.45) is 0 Å². The van der Waals surface area contributed by atoms with Gasteiger partial charge in [0.05, 0.1) is 28.4 Å². The van der Waals surface area contributed by atoms with Gasteiger partial charge in [-0.2, -0.15) is 0 Å². The Balaban J connectivity index is 1.99. The molecule has 26 heavy (non-hydrogen) atoms. The van der Waals surface area contributed by atoms with Gasteiger partial charge >= 0.3 is 5.97 Å². The van der Waals surface area contributed by atoms with Crippen molar-refractivity contribution in [2.45, 2.75) is 24.5 Å². The summed E-state index contributed by atoms with van der Waals surface area (Å²) in [7, 11) is 0.222. The number of carbonyl (C=O) groups is 2. The maximum absolute atomic E-state index is 12.3. The summed E-state index contributed by atoms with van der Waals surface area (Å²) < 4.78 is 22.2. The van der Waals surface area contributed by atoms with E-state index in [1.165, 1.54) is 19.2 Å². The standard InChI is InChI=1S/C19H21NO5S/c1-13(18(21)20-12-14-8-4-6-10-16(14)24-2)25-19(22)15-9-5-7-11-17(15)26(3)23/h4-11,13H,12H2,1-3H3,(H,20,21)/t13-,26+/m0/s1. The number of rotatable bonds is 7. The van der Waals surface area contributed by atoms with Crippen molar-refractivity contribution in [1.82, 2.24) is 5.32 Å². The lowest BCUT2D eigenvalue weighted by Crippen LogP contribution is -2.35. The highest BCUT2D eigenvalue weighted by Crippen LogP contribution is 2.17. The van der Waals surface area contributed by atoms with Crippen LogP contribution in [0.25, 0.3) is 0 Å². The van der Waals surface area contributed by atoms with Crippen LogP contribution >= 0.6 is 0 Å². The van der Waals surface area contributed by atoms with Crippen molar-refractivity contribution < 1.29 is 23.3 Å². The smallest absolute Gasteiger partial charge is 0.340 e. The van der Waals surface area contributed by atoms with Gasteiger partial charge in [0, 0.05) is 18.4 Å². The first-order valence-corrected chi connectivity index (χ1v) is 9.53. The zero-order chi connectivity index (χ0) is 19.1. The van der Waals surface area contributed by atoms with Crippen LogP contribution in [0.3, 0.4) is 0 Å². The molecule has 2 atom stereocenters. The summed E-state index contributed by atoms with van der Waals surface area (Å²) in [5.74, 6) is -0.452. The molecule has 2 aromatic rings. The van der Waals surface area contributed by atoms with Gasteiger partial charge in [0.15, 0.2) is 6.10 Å². The normalized spacial score (nSPS) is 12.7. The lowest BCUT2D eigenvalue weighted by atomic mass is 10.2. The van der Waals surface area contributed by atoms with Crippen LogP contribution < -0.4 is 10.1 Å². The van der Waals surface area contributed by atoms with Crippen LogP contribution in [0.15, 0.2) is 53.4 Å². The number of carbonyl (C=O) groups excluding carboxylic acids is 2. The highest BCUT2D eigenvalue weighted by molar-refractivity contribution is 7.84. The van der Waals surface area contributed by atoms with E-state index in [4.69, 9.17) is 9.47 Å². The number of esters is 1. The van der Waals surface area contributed by atoms with Crippen LogP contribution in [0.2, 0.25) is 0 Å². The number of ether oxygens (including phenoxy) is 2. The molecular formula is C19H21NO5S. The Bertz CT molecular complexity index is 821. The largest absolute Gasteiger partial charge is 0.496 e. The fraction of sp³-hybridized carbons (Fsp3) is 0.263. The van der Waals surface area contributed by atoms with Crippen LogP contribution in [0.4, 0.5) is 0 Å². The molecular weight excluding hydrogens is 354 g/mol. The predicted octanol–water partition coefficient (Wildman–Crippen LogP) is 2.29. The summed E-state index contributed by atoms with van der Waals surface area (Å²) in [6.07, 6.45) is 0.491. The van der Waals surface area contributed by atoms with Crippen molar-refractivity contribution >= 4 is 22.7 Å². The minimum absolute atomic E-state index is 0.192. The van der Waals surface area contributed by atoms with E-state index in [-0.39, 0.29) is 12.1 Å². The molecule has 7 heteroatoms. The van der Waals surface area contributed by atoms with Crippen LogP contribution in [0.5, 0.6) is 5.75 Å². The van der Waals surface area contributed by atoms with Crippen LogP contribution in [0.1, 0.15) is 22.8 Å². The van der Waals surface area contributed by atoms with E-state index in [1.54, 1.807) is 31.4 Å². The third-order valence-electron chi connectivity index (χ3n) is 3.72.